The zero-order chi connectivity index (χ0) is 15.1. The smallest absolute Gasteiger partial charge is 0.259 e. The molecule has 2 rings (SSSR count). The van der Waals surface area contributed by atoms with E-state index in [1.54, 1.807) is 6.07 Å². The maximum absolute atomic E-state index is 11.8. The number of carbonyl (C=O) groups is 2. The summed E-state index contributed by atoms with van der Waals surface area (Å²) in [4.78, 5) is 23.4. The van der Waals surface area contributed by atoms with Crippen molar-refractivity contribution in [3.63, 3.8) is 0 Å². The van der Waals surface area contributed by atoms with Crippen molar-refractivity contribution in [3.05, 3.63) is 34.9 Å². The predicted molar refractivity (Wildman–Crippen MR) is 88.1 cm³/mol. The van der Waals surface area contributed by atoms with Crippen molar-refractivity contribution in [2.75, 3.05) is 5.33 Å². The van der Waals surface area contributed by atoms with Crippen LogP contribution in [-0.4, -0.2) is 17.1 Å². The third-order valence-corrected chi connectivity index (χ3v) is 4.49. The first-order valence-electron chi connectivity index (χ1n) is 7.77. The van der Waals surface area contributed by atoms with Crippen molar-refractivity contribution in [2.24, 2.45) is 0 Å². The van der Waals surface area contributed by atoms with Gasteiger partial charge >= 0.3 is 0 Å². The number of fused-ring (bicyclic) bond motifs is 1. The summed E-state index contributed by atoms with van der Waals surface area (Å²) in [6.45, 7) is 0. The van der Waals surface area contributed by atoms with Crippen LogP contribution in [0.25, 0.3) is 0 Å². The van der Waals surface area contributed by atoms with E-state index in [4.69, 9.17) is 0 Å². The molecular weight excluding hydrogens is 330 g/mol. The van der Waals surface area contributed by atoms with E-state index in [2.05, 4.69) is 21.2 Å². The summed E-state index contributed by atoms with van der Waals surface area (Å²) in [7, 11) is 0. The molecular formula is C17H22BrNO2. The Kier molecular flexibility index (Phi) is 6.43. The molecule has 0 aliphatic carbocycles. The van der Waals surface area contributed by atoms with Crippen LogP contribution in [0.2, 0.25) is 0 Å². The van der Waals surface area contributed by atoms with Gasteiger partial charge in [0.15, 0.2) is 0 Å². The topological polar surface area (TPSA) is 46.2 Å². The average molecular weight is 352 g/mol. The maximum Gasteiger partial charge on any atom is 0.259 e. The number of rotatable bonds is 9. The van der Waals surface area contributed by atoms with E-state index in [1.165, 1.54) is 38.5 Å². The summed E-state index contributed by atoms with van der Waals surface area (Å²) in [6, 6.07) is 5.56. The first-order chi connectivity index (χ1) is 10.2. The standard InChI is InChI=1S/C17H22BrNO2/c18-12-7-5-3-1-2-4-6-9-13-10-8-11-14-15(13)17(21)19-16(14)20/h8,10-11H,1-7,9,12H2,(H,19,20,21). The lowest BCUT2D eigenvalue weighted by molar-refractivity contribution is 0.0879. The first-order valence-corrected chi connectivity index (χ1v) is 8.89. The van der Waals surface area contributed by atoms with Gasteiger partial charge in [0.2, 0.25) is 0 Å². The molecule has 1 N–H and O–H groups in total. The van der Waals surface area contributed by atoms with Gasteiger partial charge in [-0.2, -0.15) is 0 Å². The lowest BCUT2D eigenvalue weighted by atomic mass is 9.97. The molecule has 0 atom stereocenters. The van der Waals surface area contributed by atoms with Crippen molar-refractivity contribution in [3.8, 4) is 0 Å². The molecule has 0 unspecified atom stereocenters. The third kappa shape index (κ3) is 4.40. The molecule has 0 aromatic heterocycles. The average Bonchev–Trinajstić information content (AvgIpc) is 2.78. The minimum absolute atomic E-state index is 0.236. The van der Waals surface area contributed by atoms with E-state index < -0.39 is 0 Å². The number of imide groups is 1. The molecule has 1 aromatic carbocycles. The van der Waals surface area contributed by atoms with Gasteiger partial charge in [-0.05, 0) is 30.9 Å². The molecule has 1 aliphatic heterocycles. The zero-order valence-corrected chi connectivity index (χ0v) is 13.9. The van der Waals surface area contributed by atoms with Crippen LogP contribution in [0.3, 0.4) is 0 Å². The van der Waals surface area contributed by atoms with Crippen molar-refractivity contribution in [1.29, 1.82) is 0 Å². The van der Waals surface area contributed by atoms with Gasteiger partial charge in [0.1, 0.15) is 0 Å². The number of aryl methyl sites for hydroxylation is 1. The van der Waals surface area contributed by atoms with Gasteiger partial charge in [0.05, 0.1) is 11.1 Å². The highest BCUT2D eigenvalue weighted by molar-refractivity contribution is 9.09. The Balaban J connectivity index is 1.75. The van der Waals surface area contributed by atoms with Crippen molar-refractivity contribution in [1.82, 2.24) is 5.32 Å². The van der Waals surface area contributed by atoms with Crippen molar-refractivity contribution in [2.45, 2.75) is 51.4 Å². The van der Waals surface area contributed by atoms with Crippen LogP contribution in [0.5, 0.6) is 0 Å². The minimum Gasteiger partial charge on any atom is -0.288 e. The summed E-state index contributed by atoms with van der Waals surface area (Å²) >= 11 is 3.45. The fraction of sp³-hybridized carbons (Fsp3) is 0.529. The Morgan fingerprint density at radius 3 is 2.24 bits per heavy atom. The molecule has 0 spiro atoms. The lowest BCUT2D eigenvalue weighted by Crippen LogP contribution is -2.20. The van der Waals surface area contributed by atoms with Gasteiger partial charge < -0.3 is 0 Å². The fourth-order valence-corrected chi connectivity index (χ4v) is 3.19. The highest BCUT2D eigenvalue weighted by Gasteiger charge is 2.28. The molecule has 0 saturated heterocycles. The lowest BCUT2D eigenvalue weighted by Gasteiger charge is -2.06. The normalized spacial score (nSPS) is 13.4. The molecule has 1 aromatic rings. The van der Waals surface area contributed by atoms with Crippen molar-refractivity contribution >= 4 is 27.7 Å². The van der Waals surface area contributed by atoms with E-state index in [0.717, 1.165) is 23.7 Å². The second-order valence-corrected chi connectivity index (χ2v) is 6.33. The molecule has 0 bridgehead atoms. The molecule has 21 heavy (non-hydrogen) atoms. The Bertz CT molecular complexity index is 514. The minimum atomic E-state index is -0.261. The van der Waals surface area contributed by atoms with Crippen molar-refractivity contribution < 1.29 is 9.59 Å². The molecule has 1 heterocycles. The van der Waals surface area contributed by atoms with Crippen LogP contribution in [0, 0.1) is 0 Å². The Hall–Kier alpha value is -1.16. The zero-order valence-electron chi connectivity index (χ0n) is 12.3. The van der Waals surface area contributed by atoms with Gasteiger partial charge in [0, 0.05) is 5.33 Å². The number of halogens is 1. The number of amides is 2. The third-order valence-electron chi connectivity index (χ3n) is 3.93. The Morgan fingerprint density at radius 1 is 0.857 bits per heavy atom. The van der Waals surface area contributed by atoms with Crippen LogP contribution in [-0.2, 0) is 6.42 Å². The van der Waals surface area contributed by atoms with E-state index in [-0.39, 0.29) is 11.8 Å². The number of carbonyl (C=O) groups excluding carboxylic acids is 2. The molecule has 4 heteroatoms. The second-order valence-electron chi connectivity index (χ2n) is 5.54. The number of unbranched alkanes of at least 4 members (excludes halogenated alkanes) is 6. The summed E-state index contributed by atoms with van der Waals surface area (Å²) in [5.74, 6) is -0.496. The highest BCUT2D eigenvalue weighted by atomic mass is 79.9. The molecule has 2 amide bonds. The van der Waals surface area contributed by atoms with Gasteiger partial charge in [-0.1, -0.05) is 60.2 Å². The summed E-state index contributed by atoms with van der Waals surface area (Å²) in [6.07, 6.45) is 9.57. The predicted octanol–water partition coefficient (Wildman–Crippen LogP) is 4.24. The van der Waals surface area contributed by atoms with Gasteiger partial charge in [-0.25, -0.2) is 0 Å². The monoisotopic (exact) mass is 351 g/mol. The van der Waals surface area contributed by atoms with Crippen LogP contribution < -0.4 is 5.32 Å². The highest BCUT2D eigenvalue weighted by Crippen LogP contribution is 2.22. The van der Waals surface area contributed by atoms with Crippen LogP contribution in [0.15, 0.2) is 18.2 Å². The molecule has 3 nitrogen and oxygen atoms in total. The second kappa shape index (κ2) is 8.32. The first kappa shape index (κ1) is 16.2. The molecule has 0 radical (unpaired) electrons. The summed E-state index contributed by atoms with van der Waals surface area (Å²) < 4.78 is 0. The summed E-state index contributed by atoms with van der Waals surface area (Å²) in [5.41, 5.74) is 2.14. The van der Waals surface area contributed by atoms with Gasteiger partial charge in [-0.15, -0.1) is 0 Å². The molecule has 1 aliphatic rings. The number of hydrogen-bond acceptors (Lipinski definition) is 2. The van der Waals surface area contributed by atoms with Crippen LogP contribution in [0.1, 0.15) is 71.2 Å². The molecule has 114 valence electrons. The quantitative estimate of drug-likeness (QED) is 0.411. The van der Waals surface area contributed by atoms with E-state index in [1.807, 2.05) is 12.1 Å². The van der Waals surface area contributed by atoms with E-state index in [0.29, 0.717) is 11.1 Å². The van der Waals surface area contributed by atoms with Crippen LogP contribution in [0.4, 0.5) is 0 Å². The number of nitrogens with one attached hydrogen (secondary N) is 1. The summed E-state index contributed by atoms with van der Waals surface area (Å²) in [5, 5.41) is 3.48. The molecule has 0 fully saturated rings. The van der Waals surface area contributed by atoms with Gasteiger partial charge in [-0.3, -0.25) is 14.9 Å². The largest absolute Gasteiger partial charge is 0.288 e. The van der Waals surface area contributed by atoms with E-state index in [9.17, 15) is 9.59 Å². The van der Waals surface area contributed by atoms with E-state index >= 15 is 0 Å². The maximum atomic E-state index is 11.8. The Labute approximate surface area is 134 Å². The fourth-order valence-electron chi connectivity index (χ4n) is 2.79. The SMILES string of the molecule is O=C1NC(=O)c2c(CCCCCCCCCBr)cccc21. The number of benzene rings is 1. The Morgan fingerprint density at radius 2 is 1.52 bits per heavy atom. The number of hydrogen-bond donors (Lipinski definition) is 1. The number of alkyl halides is 1. The molecule has 0 saturated carbocycles. The van der Waals surface area contributed by atoms with Crippen LogP contribution >= 0.6 is 15.9 Å². The van der Waals surface area contributed by atoms with Gasteiger partial charge in [0.25, 0.3) is 11.8 Å².